The summed E-state index contributed by atoms with van der Waals surface area (Å²) in [7, 11) is 0. The van der Waals surface area contributed by atoms with Crippen molar-refractivity contribution in [3.63, 3.8) is 0 Å². The molecule has 0 saturated heterocycles. The van der Waals surface area contributed by atoms with E-state index >= 15 is 0 Å². The standard InChI is InChI=1S/C9H9NO/c1-2-4-6-8-10-11-9-7-5-3-1/h1-9H/b2-1-,5-3-,6-4-,9-7-,10-8-. The SMILES string of the molecule is C1=C\C=C/C=N\O/C=C\C=C/1. The van der Waals surface area contributed by atoms with Crippen LogP contribution in [0.4, 0.5) is 0 Å². The first-order valence-electron chi connectivity index (χ1n) is 3.34. The lowest BCUT2D eigenvalue weighted by molar-refractivity contribution is 0.271. The van der Waals surface area contributed by atoms with Crippen LogP contribution in [0.3, 0.4) is 0 Å². The Morgan fingerprint density at radius 3 is 2.18 bits per heavy atom. The van der Waals surface area contributed by atoms with Crippen LogP contribution in [0.2, 0.25) is 0 Å². The van der Waals surface area contributed by atoms with Crippen LogP contribution < -0.4 is 0 Å². The maximum absolute atomic E-state index is 4.72. The molecule has 0 radical (unpaired) electrons. The quantitative estimate of drug-likeness (QED) is 0.514. The second-order valence-corrected chi connectivity index (χ2v) is 1.84. The summed E-state index contributed by atoms with van der Waals surface area (Å²) in [5, 5.41) is 3.61. The van der Waals surface area contributed by atoms with Crippen LogP contribution in [-0.4, -0.2) is 6.21 Å². The van der Waals surface area contributed by atoms with Gasteiger partial charge in [-0.25, -0.2) is 0 Å². The summed E-state index contributed by atoms with van der Waals surface area (Å²) in [5.41, 5.74) is 0. The van der Waals surface area contributed by atoms with Crippen molar-refractivity contribution in [2.24, 2.45) is 5.16 Å². The molecule has 0 amide bonds. The van der Waals surface area contributed by atoms with Gasteiger partial charge in [-0.05, 0) is 12.2 Å². The van der Waals surface area contributed by atoms with Gasteiger partial charge in [-0.2, -0.15) is 0 Å². The Kier molecular flexibility index (Phi) is 3.59. The van der Waals surface area contributed by atoms with Gasteiger partial charge in [-0.15, -0.1) is 0 Å². The van der Waals surface area contributed by atoms with E-state index in [4.69, 9.17) is 4.84 Å². The highest BCUT2D eigenvalue weighted by Crippen LogP contribution is 1.85. The molecule has 0 unspecified atom stereocenters. The molecule has 0 N–H and O–H groups in total. The highest BCUT2D eigenvalue weighted by molar-refractivity contribution is 5.70. The zero-order valence-electron chi connectivity index (χ0n) is 6.05. The molecule has 0 fully saturated rings. The summed E-state index contributed by atoms with van der Waals surface area (Å²) < 4.78 is 0. The van der Waals surface area contributed by atoms with E-state index in [0.29, 0.717) is 0 Å². The number of hydrogen-bond acceptors (Lipinski definition) is 2. The van der Waals surface area contributed by atoms with Crippen molar-refractivity contribution < 1.29 is 4.84 Å². The van der Waals surface area contributed by atoms with E-state index in [1.54, 1.807) is 18.4 Å². The van der Waals surface area contributed by atoms with Gasteiger partial charge >= 0.3 is 0 Å². The smallest absolute Gasteiger partial charge is 0.122 e. The molecule has 0 bridgehead atoms. The fraction of sp³-hybridized carbons (Fsp3) is 0. The van der Waals surface area contributed by atoms with E-state index in [-0.39, 0.29) is 0 Å². The fourth-order valence-corrected chi connectivity index (χ4v) is 0.556. The summed E-state index contributed by atoms with van der Waals surface area (Å²) in [4.78, 5) is 4.72. The minimum absolute atomic E-state index is 1.51. The Bertz CT molecular complexity index is 210. The van der Waals surface area contributed by atoms with E-state index in [2.05, 4.69) is 5.16 Å². The van der Waals surface area contributed by atoms with Crippen LogP contribution in [-0.2, 0) is 4.84 Å². The molecule has 0 saturated carbocycles. The average Bonchev–Trinajstić information content (AvgIpc) is 2.08. The van der Waals surface area contributed by atoms with E-state index in [1.165, 1.54) is 6.26 Å². The molecular weight excluding hydrogens is 138 g/mol. The lowest BCUT2D eigenvalue weighted by atomic mass is 10.4. The van der Waals surface area contributed by atoms with Crippen molar-refractivity contribution in [1.29, 1.82) is 0 Å². The Morgan fingerprint density at radius 2 is 1.36 bits per heavy atom. The van der Waals surface area contributed by atoms with E-state index in [1.807, 2.05) is 30.4 Å². The van der Waals surface area contributed by atoms with Gasteiger partial charge in [0.05, 0.1) is 6.21 Å². The maximum Gasteiger partial charge on any atom is 0.122 e. The third-order valence-electron chi connectivity index (χ3n) is 1.01. The van der Waals surface area contributed by atoms with Crippen molar-refractivity contribution in [1.82, 2.24) is 0 Å². The second kappa shape index (κ2) is 5.23. The molecule has 1 aliphatic rings. The first-order valence-corrected chi connectivity index (χ1v) is 3.34. The molecule has 1 aliphatic heterocycles. The zero-order valence-corrected chi connectivity index (χ0v) is 6.05. The van der Waals surface area contributed by atoms with Gasteiger partial charge in [0.15, 0.2) is 0 Å². The predicted octanol–water partition coefficient (Wildman–Crippen LogP) is 2.18. The molecule has 11 heavy (non-hydrogen) atoms. The summed E-state index contributed by atoms with van der Waals surface area (Å²) in [5.74, 6) is 0. The second-order valence-electron chi connectivity index (χ2n) is 1.84. The van der Waals surface area contributed by atoms with Gasteiger partial charge in [0.1, 0.15) is 6.26 Å². The lowest BCUT2D eigenvalue weighted by Gasteiger charge is -1.81. The summed E-state index contributed by atoms with van der Waals surface area (Å²) in [6.07, 6.45) is 16.2. The van der Waals surface area contributed by atoms with Crippen molar-refractivity contribution >= 4 is 6.21 Å². The third-order valence-corrected chi connectivity index (χ3v) is 1.01. The Morgan fingerprint density at radius 1 is 0.727 bits per heavy atom. The number of rotatable bonds is 0. The first-order chi connectivity index (χ1) is 5.50. The van der Waals surface area contributed by atoms with Gasteiger partial charge in [0, 0.05) is 0 Å². The van der Waals surface area contributed by atoms with Crippen LogP contribution in [0.25, 0.3) is 0 Å². The zero-order chi connectivity index (χ0) is 7.78. The third kappa shape index (κ3) is 3.92. The van der Waals surface area contributed by atoms with Gasteiger partial charge < -0.3 is 4.84 Å². The highest BCUT2D eigenvalue weighted by Gasteiger charge is 1.69. The Hall–Kier alpha value is -1.57. The lowest BCUT2D eigenvalue weighted by Crippen LogP contribution is -1.67. The molecule has 0 aromatic carbocycles. The van der Waals surface area contributed by atoms with Crippen molar-refractivity contribution in [3.05, 3.63) is 48.8 Å². The molecule has 2 nitrogen and oxygen atoms in total. The molecule has 1 rings (SSSR count). The minimum atomic E-state index is 1.51. The predicted molar refractivity (Wildman–Crippen MR) is 46.1 cm³/mol. The van der Waals surface area contributed by atoms with Crippen molar-refractivity contribution in [3.8, 4) is 0 Å². The normalized spacial score (nSPS) is 30.5. The molecule has 1 heterocycles. The molecule has 0 spiro atoms. The van der Waals surface area contributed by atoms with E-state index in [9.17, 15) is 0 Å². The van der Waals surface area contributed by atoms with Crippen LogP contribution in [0.15, 0.2) is 53.9 Å². The van der Waals surface area contributed by atoms with E-state index in [0.717, 1.165) is 0 Å². The van der Waals surface area contributed by atoms with Gasteiger partial charge in [-0.1, -0.05) is 35.5 Å². The number of hydrogen-bond donors (Lipinski definition) is 0. The highest BCUT2D eigenvalue weighted by atomic mass is 16.6. The number of oxime groups is 1. The molecule has 0 atom stereocenters. The van der Waals surface area contributed by atoms with Crippen LogP contribution >= 0.6 is 0 Å². The Balaban J connectivity index is 2.61. The van der Waals surface area contributed by atoms with Gasteiger partial charge in [-0.3, -0.25) is 0 Å². The fourth-order valence-electron chi connectivity index (χ4n) is 0.556. The minimum Gasteiger partial charge on any atom is -0.365 e. The maximum atomic E-state index is 4.72. The molecule has 0 aromatic rings. The average molecular weight is 147 g/mol. The summed E-state index contributed by atoms with van der Waals surface area (Å²) in [6, 6.07) is 0. The molecular formula is C9H9NO. The summed E-state index contributed by atoms with van der Waals surface area (Å²) in [6.45, 7) is 0. The molecule has 0 aromatic heterocycles. The topological polar surface area (TPSA) is 21.6 Å². The summed E-state index contributed by atoms with van der Waals surface area (Å²) >= 11 is 0. The first kappa shape index (κ1) is 7.54. The van der Waals surface area contributed by atoms with Crippen LogP contribution in [0.5, 0.6) is 0 Å². The van der Waals surface area contributed by atoms with Crippen molar-refractivity contribution in [2.45, 2.75) is 0 Å². The molecule has 2 heteroatoms. The van der Waals surface area contributed by atoms with Crippen LogP contribution in [0, 0.1) is 0 Å². The Labute approximate surface area is 65.9 Å². The van der Waals surface area contributed by atoms with Gasteiger partial charge in [0.2, 0.25) is 0 Å². The van der Waals surface area contributed by atoms with E-state index < -0.39 is 0 Å². The van der Waals surface area contributed by atoms with Gasteiger partial charge in [0.25, 0.3) is 0 Å². The largest absolute Gasteiger partial charge is 0.365 e. The number of nitrogens with zero attached hydrogens (tertiary/aromatic N) is 1. The number of allylic oxidation sites excluding steroid dienone is 7. The molecule has 0 aliphatic carbocycles. The van der Waals surface area contributed by atoms with Crippen LogP contribution in [0.1, 0.15) is 0 Å². The van der Waals surface area contributed by atoms with Crippen molar-refractivity contribution in [2.75, 3.05) is 0 Å². The molecule has 56 valence electrons. The monoisotopic (exact) mass is 147 g/mol.